The number of ether oxygens (including phenoxy) is 6. The molecule has 10 heteroatoms. The van der Waals surface area contributed by atoms with Gasteiger partial charge in [-0.25, -0.2) is 0 Å². The molecule has 4 saturated heterocycles. The van der Waals surface area contributed by atoms with E-state index < -0.39 is 48.6 Å². The summed E-state index contributed by atoms with van der Waals surface area (Å²) >= 11 is 0.628. The summed E-state index contributed by atoms with van der Waals surface area (Å²) < 4.78 is 34.4. The van der Waals surface area contributed by atoms with Crippen molar-refractivity contribution >= 4 is 26.3 Å². The van der Waals surface area contributed by atoms with Gasteiger partial charge >= 0.3 is 164 Å². The molecule has 4 aliphatic rings. The first-order valence-corrected chi connectivity index (χ1v) is 15.5. The third-order valence-corrected chi connectivity index (χ3v) is 11.9. The van der Waals surface area contributed by atoms with Gasteiger partial charge in [-0.1, -0.05) is 0 Å². The molecule has 8 atom stereocenters. The van der Waals surface area contributed by atoms with Gasteiger partial charge in [-0.3, -0.25) is 0 Å². The van der Waals surface area contributed by atoms with Gasteiger partial charge in [0.15, 0.2) is 0 Å². The second kappa shape index (κ2) is 7.20. The number of aliphatic hydroxyl groups excluding tert-OH is 2. The van der Waals surface area contributed by atoms with Crippen molar-refractivity contribution < 1.29 is 38.6 Å². The Morgan fingerprint density at radius 3 is 1.42 bits per heavy atom. The second-order valence-corrected chi connectivity index (χ2v) is 15.4. The Morgan fingerprint density at radius 1 is 0.692 bits per heavy atom. The molecule has 0 amide bonds. The summed E-state index contributed by atoms with van der Waals surface area (Å²) in [5.41, 5.74) is 0. The van der Waals surface area contributed by atoms with E-state index in [1.54, 1.807) is 0 Å². The zero-order chi connectivity index (χ0) is 18.7. The van der Waals surface area contributed by atoms with E-state index in [0.717, 1.165) is 10.6 Å². The van der Waals surface area contributed by atoms with Gasteiger partial charge in [-0.05, 0) is 0 Å². The SMILES string of the molecule is CC1(C)O[C@H]2O[C@H](C[Se][Se]C[C@H]3O[C@@H]4OC(C)(C)O[C@@H]4[C@H]3O)[C@H](O)[C@H]2O1. The average molecular weight is 504 g/mol. The summed E-state index contributed by atoms with van der Waals surface area (Å²) in [5.74, 6) is -1.41. The Hall–Kier alpha value is 0.719. The molecule has 0 aliphatic carbocycles. The van der Waals surface area contributed by atoms with Crippen LogP contribution in [0.1, 0.15) is 27.7 Å². The van der Waals surface area contributed by atoms with E-state index in [1.165, 1.54) is 0 Å². The van der Waals surface area contributed by atoms with Crippen molar-refractivity contribution in [3.8, 4) is 0 Å². The van der Waals surface area contributed by atoms with Crippen LogP contribution in [-0.2, 0) is 28.4 Å². The third kappa shape index (κ3) is 3.90. The van der Waals surface area contributed by atoms with Crippen LogP contribution in [0.3, 0.4) is 0 Å². The first kappa shape index (κ1) is 20.0. The van der Waals surface area contributed by atoms with E-state index in [9.17, 15) is 10.2 Å². The number of aliphatic hydroxyl groups is 2. The normalized spacial score (nSPS) is 48.7. The molecule has 0 radical (unpaired) electrons. The molecule has 0 saturated carbocycles. The van der Waals surface area contributed by atoms with E-state index in [4.69, 9.17) is 28.4 Å². The van der Waals surface area contributed by atoms with Crippen molar-refractivity contribution in [2.75, 3.05) is 0 Å². The predicted octanol–water partition coefficient (Wildman–Crippen LogP) is -0.379. The molecule has 4 heterocycles. The second-order valence-electron chi connectivity index (χ2n) is 7.84. The van der Waals surface area contributed by atoms with E-state index in [1.807, 2.05) is 27.7 Å². The fourth-order valence-corrected chi connectivity index (χ4v) is 10.8. The van der Waals surface area contributed by atoms with Crippen molar-refractivity contribution in [1.29, 1.82) is 0 Å². The first-order chi connectivity index (χ1) is 12.2. The van der Waals surface area contributed by atoms with Gasteiger partial charge in [0.05, 0.1) is 0 Å². The zero-order valence-electron chi connectivity index (χ0n) is 15.2. The molecule has 0 unspecified atom stereocenters. The van der Waals surface area contributed by atoms with Crippen molar-refractivity contribution in [2.24, 2.45) is 0 Å². The van der Waals surface area contributed by atoms with E-state index >= 15 is 0 Å². The molecule has 2 N–H and O–H groups in total. The quantitative estimate of drug-likeness (QED) is 0.387. The average Bonchev–Trinajstić information content (AvgIpc) is 3.17. The Labute approximate surface area is 164 Å². The predicted molar refractivity (Wildman–Crippen MR) is 90.5 cm³/mol. The standard InChI is InChI=1S/C16H26O8Se2/c1-15(2)21-11-9(17)7(19-13(11)23-15)5-25-26-6-8-10(18)12-14(20-8)24-16(3,4)22-12/h7-14,17-18H,5-6H2,1-4H3/t7-,8-,9+,10+,11-,12-,13-,14-/m1/s1. The molecule has 0 aromatic carbocycles. The molecule has 4 fully saturated rings. The molecule has 0 aromatic heterocycles. The number of hydrogen-bond donors (Lipinski definition) is 2. The van der Waals surface area contributed by atoms with Crippen LogP contribution < -0.4 is 0 Å². The summed E-state index contributed by atoms with van der Waals surface area (Å²) in [6, 6.07) is 0. The van der Waals surface area contributed by atoms with Crippen LogP contribution in [0.25, 0.3) is 0 Å². The van der Waals surface area contributed by atoms with Crippen LogP contribution in [0.2, 0.25) is 10.6 Å². The molecular weight excluding hydrogens is 478 g/mol. The third-order valence-electron chi connectivity index (χ3n) is 4.78. The summed E-state index contributed by atoms with van der Waals surface area (Å²) in [5, 5.41) is 22.4. The van der Waals surface area contributed by atoms with E-state index in [0.29, 0.717) is 26.3 Å². The summed E-state index contributed by atoms with van der Waals surface area (Å²) in [4.78, 5) is 0. The summed E-state index contributed by atoms with van der Waals surface area (Å²) in [6.07, 6.45) is -3.58. The number of hydrogen-bond acceptors (Lipinski definition) is 8. The van der Waals surface area contributed by atoms with Crippen molar-refractivity contribution in [3.63, 3.8) is 0 Å². The van der Waals surface area contributed by atoms with Crippen LogP contribution in [0.4, 0.5) is 0 Å². The van der Waals surface area contributed by atoms with Crippen LogP contribution in [0.5, 0.6) is 0 Å². The molecule has 26 heavy (non-hydrogen) atoms. The van der Waals surface area contributed by atoms with Crippen LogP contribution >= 0.6 is 0 Å². The van der Waals surface area contributed by atoms with Gasteiger partial charge in [0.2, 0.25) is 0 Å². The Balaban J connectivity index is 1.18. The van der Waals surface area contributed by atoms with Gasteiger partial charge in [0, 0.05) is 0 Å². The van der Waals surface area contributed by atoms with Crippen molar-refractivity contribution in [1.82, 2.24) is 0 Å². The number of fused-ring (bicyclic) bond motifs is 2. The Kier molecular flexibility index (Phi) is 5.54. The molecule has 150 valence electrons. The maximum atomic E-state index is 10.4. The molecule has 0 spiro atoms. The fourth-order valence-electron chi connectivity index (χ4n) is 3.62. The van der Waals surface area contributed by atoms with Gasteiger partial charge in [-0.2, -0.15) is 0 Å². The Bertz CT molecular complexity index is 486. The van der Waals surface area contributed by atoms with Crippen LogP contribution in [0.15, 0.2) is 0 Å². The molecule has 0 aromatic rings. The first-order valence-electron chi connectivity index (χ1n) is 8.78. The summed E-state index contributed by atoms with van der Waals surface area (Å²) in [7, 11) is 0. The zero-order valence-corrected chi connectivity index (χ0v) is 18.6. The topological polar surface area (TPSA) is 95.8 Å². The maximum absolute atomic E-state index is 10.4. The molecule has 8 nitrogen and oxygen atoms in total. The van der Waals surface area contributed by atoms with E-state index in [2.05, 4.69) is 0 Å². The minimum atomic E-state index is -0.705. The minimum absolute atomic E-state index is 0.246. The van der Waals surface area contributed by atoms with Gasteiger partial charge < -0.3 is 0 Å². The molecule has 4 aliphatic heterocycles. The molecule has 4 rings (SSSR count). The summed E-state index contributed by atoms with van der Waals surface area (Å²) in [6.45, 7) is 7.28. The monoisotopic (exact) mass is 506 g/mol. The fraction of sp³-hybridized carbons (Fsp3) is 1.00. The van der Waals surface area contributed by atoms with Crippen LogP contribution in [-0.4, -0.2) is 97.3 Å². The molecule has 0 bridgehead atoms. The van der Waals surface area contributed by atoms with Gasteiger partial charge in [0.1, 0.15) is 0 Å². The van der Waals surface area contributed by atoms with E-state index in [-0.39, 0.29) is 12.2 Å². The molecular formula is C16H26O8Se2. The Morgan fingerprint density at radius 2 is 1.08 bits per heavy atom. The number of rotatable bonds is 5. The van der Waals surface area contributed by atoms with Gasteiger partial charge in [0.25, 0.3) is 0 Å². The van der Waals surface area contributed by atoms with Crippen molar-refractivity contribution in [2.45, 2.75) is 99.1 Å². The van der Waals surface area contributed by atoms with Gasteiger partial charge in [-0.15, -0.1) is 0 Å². The van der Waals surface area contributed by atoms with Crippen molar-refractivity contribution in [3.05, 3.63) is 0 Å². The van der Waals surface area contributed by atoms with Crippen LogP contribution in [0, 0.1) is 0 Å².